The topological polar surface area (TPSA) is 78.7 Å². The smallest absolute Gasteiger partial charge is 0.242 e. The van der Waals surface area contributed by atoms with Crippen LogP contribution in [-0.2, 0) is 22.7 Å². The largest absolute Gasteiger partial charge is 0.382 e. The van der Waals surface area contributed by atoms with Gasteiger partial charge in [-0.15, -0.1) is 0 Å². The Hall–Kier alpha value is -2.67. The lowest BCUT2D eigenvalue weighted by Crippen LogP contribution is -2.44. The molecule has 7 nitrogen and oxygen atoms in total. The van der Waals surface area contributed by atoms with Crippen LogP contribution in [0.25, 0.3) is 0 Å². The zero-order chi connectivity index (χ0) is 19.5. The maximum atomic E-state index is 12.8. The fraction of sp³-hybridized carbons (Fsp3) is 0.476. The van der Waals surface area contributed by atoms with Gasteiger partial charge in [-0.1, -0.05) is 30.3 Å². The monoisotopic (exact) mass is 382 g/mol. The maximum absolute atomic E-state index is 12.8. The van der Waals surface area contributed by atoms with E-state index < -0.39 is 6.10 Å². The highest BCUT2D eigenvalue weighted by atomic mass is 16.3. The van der Waals surface area contributed by atoms with Crippen molar-refractivity contribution in [1.29, 1.82) is 0 Å². The number of aryl methyl sites for hydroxylation is 1. The summed E-state index contributed by atoms with van der Waals surface area (Å²) < 4.78 is 1.89. The summed E-state index contributed by atoms with van der Waals surface area (Å²) in [7, 11) is 0. The van der Waals surface area contributed by atoms with Crippen molar-refractivity contribution in [1.82, 2.24) is 19.6 Å². The van der Waals surface area contributed by atoms with E-state index in [9.17, 15) is 14.7 Å². The first-order valence-electron chi connectivity index (χ1n) is 9.97. The first kappa shape index (κ1) is 18.7. The van der Waals surface area contributed by atoms with Crippen LogP contribution in [0.15, 0.2) is 36.4 Å². The van der Waals surface area contributed by atoms with Crippen LogP contribution < -0.4 is 0 Å². The molecule has 1 fully saturated rings. The fourth-order valence-electron chi connectivity index (χ4n) is 3.93. The molecule has 0 radical (unpaired) electrons. The number of carbonyl (C=O) groups excluding carboxylic acids is 2. The number of rotatable bonds is 4. The molecule has 1 saturated heterocycles. The Labute approximate surface area is 164 Å². The average Bonchev–Trinajstić information content (AvgIpc) is 3.01. The van der Waals surface area contributed by atoms with Crippen molar-refractivity contribution in [2.75, 3.05) is 19.6 Å². The summed E-state index contributed by atoms with van der Waals surface area (Å²) in [5, 5.41) is 15.2. The molecule has 0 bridgehead atoms. The van der Waals surface area contributed by atoms with Crippen LogP contribution >= 0.6 is 0 Å². The Balaban J connectivity index is 1.46. The highest BCUT2D eigenvalue weighted by Gasteiger charge is 2.26. The third-order valence-electron chi connectivity index (χ3n) is 5.53. The lowest BCUT2D eigenvalue weighted by atomic mass is 10.1. The standard InChI is InChI=1S/C21H26N4O3/c26-19-9-4-5-10-24(19)15-20(27)23-11-6-12-25-17(14-23)13-18(22-25)21(28)16-7-2-1-3-8-16/h1-3,7-8,13,21,28H,4-6,9-12,14-15H2/t21-/m1/s1. The molecule has 1 N–H and O–H groups in total. The van der Waals surface area contributed by atoms with Crippen molar-refractivity contribution in [3.63, 3.8) is 0 Å². The molecule has 148 valence electrons. The van der Waals surface area contributed by atoms with Crippen molar-refractivity contribution in [2.24, 2.45) is 0 Å². The number of hydrogen-bond acceptors (Lipinski definition) is 4. The van der Waals surface area contributed by atoms with Gasteiger partial charge in [0.2, 0.25) is 11.8 Å². The van der Waals surface area contributed by atoms with Gasteiger partial charge in [-0.05, 0) is 30.9 Å². The third kappa shape index (κ3) is 3.94. The predicted molar refractivity (Wildman–Crippen MR) is 103 cm³/mol. The number of nitrogens with zero attached hydrogens (tertiary/aromatic N) is 4. The summed E-state index contributed by atoms with van der Waals surface area (Å²) >= 11 is 0. The summed E-state index contributed by atoms with van der Waals surface area (Å²) in [5.41, 5.74) is 2.31. The average molecular weight is 382 g/mol. The molecule has 2 aliphatic rings. The van der Waals surface area contributed by atoms with E-state index in [2.05, 4.69) is 5.10 Å². The van der Waals surface area contributed by atoms with E-state index in [0.29, 0.717) is 38.3 Å². The number of aliphatic hydroxyl groups excluding tert-OH is 1. The number of fused-ring (bicyclic) bond motifs is 1. The van der Waals surface area contributed by atoms with Crippen LogP contribution in [0, 0.1) is 0 Å². The van der Waals surface area contributed by atoms with Crippen molar-refractivity contribution in [3.05, 3.63) is 53.3 Å². The molecular weight excluding hydrogens is 356 g/mol. The number of carbonyl (C=O) groups is 2. The second-order valence-corrected chi connectivity index (χ2v) is 7.54. The third-order valence-corrected chi connectivity index (χ3v) is 5.53. The number of piperidine rings is 1. The number of benzene rings is 1. The Morgan fingerprint density at radius 2 is 1.93 bits per heavy atom. The number of amides is 2. The molecule has 1 aromatic carbocycles. The van der Waals surface area contributed by atoms with Gasteiger partial charge in [-0.25, -0.2) is 0 Å². The van der Waals surface area contributed by atoms with Crippen molar-refractivity contribution >= 4 is 11.8 Å². The molecule has 7 heteroatoms. The van der Waals surface area contributed by atoms with E-state index >= 15 is 0 Å². The highest BCUT2D eigenvalue weighted by Crippen LogP contribution is 2.23. The molecule has 3 heterocycles. The molecule has 0 aliphatic carbocycles. The van der Waals surface area contributed by atoms with E-state index in [0.717, 1.165) is 30.5 Å². The normalized spacial score (nSPS) is 18.5. The van der Waals surface area contributed by atoms with Gasteiger partial charge in [-0.2, -0.15) is 5.10 Å². The SMILES string of the molecule is O=C1CCCCN1CC(=O)N1CCCn2nc([C@H](O)c3ccccc3)cc2C1. The minimum atomic E-state index is -0.782. The van der Waals surface area contributed by atoms with Gasteiger partial charge in [-0.3, -0.25) is 14.3 Å². The zero-order valence-corrected chi connectivity index (χ0v) is 16.0. The number of aliphatic hydroxyl groups is 1. The molecule has 0 saturated carbocycles. The highest BCUT2D eigenvalue weighted by molar-refractivity contribution is 5.85. The maximum Gasteiger partial charge on any atom is 0.242 e. The summed E-state index contributed by atoms with van der Waals surface area (Å²) in [4.78, 5) is 28.3. The number of likely N-dealkylation sites (tertiary alicyclic amines) is 1. The molecule has 1 aromatic heterocycles. The quantitative estimate of drug-likeness (QED) is 0.873. The first-order chi connectivity index (χ1) is 13.6. The van der Waals surface area contributed by atoms with Crippen LogP contribution in [0.3, 0.4) is 0 Å². The van der Waals surface area contributed by atoms with Crippen LogP contribution in [0.4, 0.5) is 0 Å². The van der Waals surface area contributed by atoms with E-state index in [1.165, 1.54) is 0 Å². The Morgan fingerprint density at radius 1 is 1.11 bits per heavy atom. The summed E-state index contributed by atoms with van der Waals surface area (Å²) in [5.74, 6) is 0.0581. The molecule has 0 spiro atoms. The summed E-state index contributed by atoms with van der Waals surface area (Å²) in [6.45, 7) is 2.65. The van der Waals surface area contributed by atoms with E-state index in [1.807, 2.05) is 41.1 Å². The molecule has 2 aromatic rings. The summed E-state index contributed by atoms with van der Waals surface area (Å²) in [6, 6.07) is 11.3. The molecule has 4 rings (SSSR count). The van der Waals surface area contributed by atoms with Gasteiger partial charge in [0.25, 0.3) is 0 Å². The van der Waals surface area contributed by atoms with Gasteiger partial charge in [0.1, 0.15) is 6.10 Å². The van der Waals surface area contributed by atoms with Gasteiger partial charge in [0, 0.05) is 26.1 Å². The second kappa shape index (κ2) is 8.14. The van der Waals surface area contributed by atoms with Gasteiger partial charge >= 0.3 is 0 Å². The molecule has 0 unspecified atom stereocenters. The van der Waals surface area contributed by atoms with Crippen LogP contribution in [0.5, 0.6) is 0 Å². The van der Waals surface area contributed by atoms with Crippen molar-refractivity contribution in [3.8, 4) is 0 Å². The van der Waals surface area contributed by atoms with Crippen LogP contribution in [0.2, 0.25) is 0 Å². The zero-order valence-electron chi connectivity index (χ0n) is 16.0. The molecule has 2 aliphatic heterocycles. The van der Waals surface area contributed by atoms with Gasteiger partial charge in [0.15, 0.2) is 0 Å². The lowest BCUT2D eigenvalue weighted by molar-refractivity contribution is -0.142. The van der Waals surface area contributed by atoms with E-state index in [-0.39, 0.29) is 18.4 Å². The van der Waals surface area contributed by atoms with Gasteiger partial charge in [0.05, 0.1) is 24.5 Å². The minimum absolute atomic E-state index is 0.0185. The molecule has 1 atom stereocenters. The first-order valence-corrected chi connectivity index (χ1v) is 9.97. The van der Waals surface area contributed by atoms with Crippen LogP contribution in [0.1, 0.15) is 48.7 Å². The van der Waals surface area contributed by atoms with Crippen molar-refractivity contribution < 1.29 is 14.7 Å². The second-order valence-electron chi connectivity index (χ2n) is 7.54. The fourth-order valence-corrected chi connectivity index (χ4v) is 3.93. The number of aromatic nitrogens is 2. The summed E-state index contributed by atoms with van der Waals surface area (Å²) in [6.07, 6.45) is 2.44. The molecular formula is C21H26N4O3. The van der Waals surface area contributed by atoms with Gasteiger partial charge < -0.3 is 14.9 Å². The predicted octanol–water partition coefficient (Wildman–Crippen LogP) is 1.71. The van der Waals surface area contributed by atoms with Crippen LogP contribution in [-0.4, -0.2) is 56.1 Å². The Morgan fingerprint density at radius 3 is 2.71 bits per heavy atom. The lowest BCUT2D eigenvalue weighted by Gasteiger charge is -2.29. The molecule has 28 heavy (non-hydrogen) atoms. The number of hydrogen-bond donors (Lipinski definition) is 1. The minimum Gasteiger partial charge on any atom is -0.382 e. The van der Waals surface area contributed by atoms with E-state index in [1.54, 1.807) is 9.80 Å². The Bertz CT molecular complexity index is 849. The molecule has 2 amide bonds. The Kier molecular flexibility index (Phi) is 5.43. The van der Waals surface area contributed by atoms with E-state index in [4.69, 9.17) is 0 Å². The van der Waals surface area contributed by atoms with Crippen molar-refractivity contribution in [2.45, 2.75) is 44.9 Å².